The van der Waals surface area contributed by atoms with Crippen molar-refractivity contribution in [1.82, 2.24) is 9.80 Å². The lowest BCUT2D eigenvalue weighted by atomic mass is 9.56. The molecule has 4 fully saturated rings. The van der Waals surface area contributed by atoms with Crippen LogP contribution >= 0.6 is 39.1 Å². The van der Waals surface area contributed by atoms with Gasteiger partial charge in [0.2, 0.25) is 11.8 Å². The third-order valence-electron chi connectivity index (χ3n) is 11.4. The minimum Gasteiger partial charge on any atom is -0.508 e. The maximum Gasteiger partial charge on any atom is 0.258 e. The molecular formula is C38H33BrCl2FN3O5. The van der Waals surface area contributed by atoms with Gasteiger partial charge in [-0.3, -0.25) is 29.0 Å². The molecule has 1 saturated carbocycles. The number of alkyl halides is 2. The minimum absolute atomic E-state index is 0.0970. The fraction of sp³-hybridized carbons (Fsp3) is 0.368. The Labute approximate surface area is 306 Å². The molecule has 1 N–H and O–H groups in total. The predicted octanol–water partition coefficient (Wildman–Crippen LogP) is 6.52. The number of amides is 4. The number of piperidine rings is 1. The number of likely N-dealkylation sites (tertiary alicyclic amines) is 2. The van der Waals surface area contributed by atoms with E-state index >= 15 is 0 Å². The maximum atomic E-state index is 14.5. The number of rotatable bonds is 5. The lowest BCUT2D eigenvalue weighted by Crippen LogP contribution is -2.60. The number of halogens is 4. The van der Waals surface area contributed by atoms with E-state index in [2.05, 4.69) is 33.0 Å². The third kappa shape index (κ3) is 4.93. The normalized spacial score (nSPS) is 31.5. The molecule has 4 amide bonds. The highest BCUT2D eigenvalue weighted by atomic mass is 79.9. The molecule has 2 aliphatic carbocycles. The Hall–Kier alpha value is -3.57. The van der Waals surface area contributed by atoms with Crippen LogP contribution in [-0.4, -0.2) is 67.4 Å². The summed E-state index contributed by atoms with van der Waals surface area (Å²) in [6.45, 7) is 2.26. The molecule has 0 radical (unpaired) electrons. The van der Waals surface area contributed by atoms with E-state index in [0.717, 1.165) is 36.7 Å². The zero-order valence-corrected chi connectivity index (χ0v) is 29.9. The van der Waals surface area contributed by atoms with Crippen LogP contribution in [0.1, 0.15) is 42.7 Å². The van der Waals surface area contributed by atoms with Gasteiger partial charge in [-0.1, -0.05) is 57.9 Å². The number of fused-ring (bicyclic) bond motifs is 4. The number of benzene rings is 3. The Kier molecular flexibility index (Phi) is 8.25. The second kappa shape index (κ2) is 12.3. The quantitative estimate of drug-likeness (QED) is 0.180. The van der Waals surface area contributed by atoms with Crippen LogP contribution in [0.2, 0.25) is 0 Å². The fourth-order valence-corrected chi connectivity index (χ4v) is 10.4. The van der Waals surface area contributed by atoms with Gasteiger partial charge in [0, 0.05) is 41.6 Å². The van der Waals surface area contributed by atoms with Crippen molar-refractivity contribution in [3.8, 4) is 5.75 Å². The highest BCUT2D eigenvalue weighted by Gasteiger charge is 2.77. The predicted molar refractivity (Wildman–Crippen MR) is 189 cm³/mol. The summed E-state index contributed by atoms with van der Waals surface area (Å²) in [5, 5.41) is 11.2. The number of carbonyl (C=O) groups excluding carboxylic acids is 4. The Morgan fingerprint density at radius 3 is 2.28 bits per heavy atom. The van der Waals surface area contributed by atoms with Gasteiger partial charge in [0.05, 0.1) is 17.5 Å². The number of hydrogen-bond acceptors (Lipinski definition) is 6. The third-order valence-corrected chi connectivity index (χ3v) is 13.3. The van der Waals surface area contributed by atoms with Crippen LogP contribution in [0.25, 0.3) is 0 Å². The average Bonchev–Trinajstić information content (AvgIpc) is 3.45. The summed E-state index contributed by atoms with van der Waals surface area (Å²) in [6, 6.07) is 19.5. The monoisotopic (exact) mass is 779 g/mol. The summed E-state index contributed by atoms with van der Waals surface area (Å²) in [5.41, 5.74) is 2.15. The summed E-state index contributed by atoms with van der Waals surface area (Å²) in [5.74, 6) is -6.18. The summed E-state index contributed by atoms with van der Waals surface area (Å²) in [6.07, 6.45) is 3.20. The van der Waals surface area contributed by atoms with Crippen molar-refractivity contribution < 1.29 is 28.7 Å². The number of anilines is 1. The van der Waals surface area contributed by atoms with Crippen molar-refractivity contribution in [2.24, 2.45) is 17.8 Å². The second-order valence-corrected chi connectivity index (χ2v) is 16.2. The van der Waals surface area contributed by atoms with E-state index in [1.807, 2.05) is 24.3 Å². The Morgan fingerprint density at radius 2 is 1.58 bits per heavy atom. The Balaban J connectivity index is 1.15. The number of nitrogens with zero attached hydrogens (tertiary/aromatic N) is 3. The summed E-state index contributed by atoms with van der Waals surface area (Å²) in [7, 11) is 0. The van der Waals surface area contributed by atoms with Crippen molar-refractivity contribution in [2.75, 3.05) is 18.0 Å². The van der Waals surface area contributed by atoms with Crippen LogP contribution < -0.4 is 4.90 Å². The molecule has 0 spiro atoms. The maximum absolute atomic E-state index is 14.5. The van der Waals surface area contributed by atoms with Crippen molar-refractivity contribution in [3.05, 3.63) is 106 Å². The Morgan fingerprint density at radius 1 is 0.880 bits per heavy atom. The van der Waals surface area contributed by atoms with Crippen molar-refractivity contribution in [3.63, 3.8) is 0 Å². The van der Waals surface area contributed by atoms with Gasteiger partial charge in [-0.2, -0.15) is 0 Å². The van der Waals surface area contributed by atoms with Gasteiger partial charge in [-0.15, -0.1) is 23.2 Å². The van der Waals surface area contributed by atoms with E-state index in [9.17, 15) is 28.7 Å². The molecule has 3 aromatic rings. The zero-order valence-electron chi connectivity index (χ0n) is 26.8. The van der Waals surface area contributed by atoms with Gasteiger partial charge >= 0.3 is 0 Å². The van der Waals surface area contributed by atoms with Crippen LogP contribution in [0.5, 0.6) is 5.75 Å². The Bertz CT molecular complexity index is 1960. The van der Waals surface area contributed by atoms with E-state index < -0.39 is 51.1 Å². The molecule has 6 unspecified atom stereocenters. The first-order valence-corrected chi connectivity index (χ1v) is 18.3. The van der Waals surface area contributed by atoms with Crippen LogP contribution in [0.3, 0.4) is 0 Å². The largest absolute Gasteiger partial charge is 0.508 e. The van der Waals surface area contributed by atoms with Gasteiger partial charge in [0.15, 0.2) is 9.75 Å². The topological polar surface area (TPSA) is 98.2 Å². The van der Waals surface area contributed by atoms with E-state index in [0.29, 0.717) is 22.9 Å². The molecule has 0 bridgehead atoms. The molecule has 3 heterocycles. The number of phenols is 1. The molecule has 3 aromatic carbocycles. The molecule has 3 aliphatic heterocycles. The number of hydrogen-bond donors (Lipinski definition) is 1. The first-order valence-electron chi connectivity index (χ1n) is 16.8. The molecule has 5 aliphatic rings. The van der Waals surface area contributed by atoms with E-state index in [1.165, 1.54) is 28.7 Å². The molecule has 258 valence electrons. The lowest BCUT2D eigenvalue weighted by Gasteiger charge is -2.50. The van der Waals surface area contributed by atoms with E-state index in [1.54, 1.807) is 12.1 Å². The molecule has 8 rings (SSSR count). The van der Waals surface area contributed by atoms with Crippen LogP contribution in [0.15, 0.2) is 88.9 Å². The zero-order chi connectivity index (χ0) is 35.1. The summed E-state index contributed by atoms with van der Waals surface area (Å²) in [4.78, 5) is 58.0. The van der Waals surface area contributed by atoms with Crippen molar-refractivity contribution in [2.45, 2.75) is 53.9 Å². The van der Waals surface area contributed by atoms with Crippen molar-refractivity contribution in [1.29, 1.82) is 0 Å². The molecule has 12 heteroatoms. The van der Waals surface area contributed by atoms with Gasteiger partial charge in [0.1, 0.15) is 11.6 Å². The van der Waals surface area contributed by atoms with Crippen molar-refractivity contribution >= 4 is 68.4 Å². The number of phenolic OH excluding ortho intramolecular Hbond substituents is 1. The second-order valence-electron chi connectivity index (χ2n) is 14.0. The highest BCUT2D eigenvalue weighted by Crippen LogP contribution is 2.66. The summed E-state index contributed by atoms with van der Waals surface area (Å²) >= 11 is 18.3. The first kappa shape index (κ1) is 33.6. The van der Waals surface area contributed by atoms with Crippen LogP contribution in [0, 0.1) is 23.6 Å². The van der Waals surface area contributed by atoms with Gasteiger partial charge in [-0.25, -0.2) is 9.29 Å². The van der Waals surface area contributed by atoms with Gasteiger partial charge in [-0.05, 0) is 79.6 Å². The van der Waals surface area contributed by atoms with E-state index in [-0.39, 0.29) is 47.7 Å². The molecule has 6 atom stereocenters. The molecular weight excluding hydrogens is 748 g/mol. The SMILES string of the molecule is O=C1C2CC=C3C(CC4(Cl)C(=O)N(c5ccc(F)cc5)C(=O)C4(Cl)C3c3cc(Br)ccc3O)C2C(=O)N1C1CCN(Cc2ccccc2)CC1. The lowest BCUT2D eigenvalue weighted by molar-refractivity contribution is -0.144. The smallest absolute Gasteiger partial charge is 0.258 e. The van der Waals surface area contributed by atoms with E-state index in [4.69, 9.17) is 23.2 Å². The fourth-order valence-electron chi connectivity index (χ4n) is 9.06. The van der Waals surface area contributed by atoms with Gasteiger partial charge in [0.25, 0.3) is 11.8 Å². The molecule has 3 saturated heterocycles. The first-order chi connectivity index (χ1) is 23.9. The van der Waals surface area contributed by atoms with Crippen LogP contribution in [-0.2, 0) is 25.7 Å². The standard InChI is InChI=1S/C38H33BrCl2FN3O5/c39-22-6-13-30(46)28(18-22)32-26-11-12-27-31(34(48)44(33(27)47)25-14-16-43(17-15-25)20-21-4-2-1-3-5-21)29(26)19-37(40)35(49)45(36(50)38(32,37)41)24-9-7-23(42)8-10-24/h1-11,13,18,25,27,29,31-32,46H,12,14-17,19-20H2. The molecule has 50 heavy (non-hydrogen) atoms. The minimum atomic E-state index is -2.12. The summed E-state index contributed by atoms with van der Waals surface area (Å²) < 4.78 is 14.5. The highest BCUT2D eigenvalue weighted by molar-refractivity contribution is 9.10. The van der Waals surface area contributed by atoms with Gasteiger partial charge < -0.3 is 5.11 Å². The van der Waals surface area contributed by atoms with Crippen LogP contribution in [0.4, 0.5) is 10.1 Å². The number of imide groups is 2. The molecule has 8 nitrogen and oxygen atoms in total. The molecule has 0 aromatic heterocycles. The number of allylic oxidation sites excluding steroid dienone is 2. The average molecular weight is 782 g/mol. The number of carbonyl (C=O) groups is 4. The number of aromatic hydroxyl groups is 1.